The molecule has 2 heteroatoms. The molecule has 1 heterocycles. The molecule has 64 valence electrons. The summed E-state index contributed by atoms with van der Waals surface area (Å²) in [6.45, 7) is 0. The average Bonchev–Trinajstić information content (AvgIpc) is 2.53. The SMILES string of the molecule is Brc1ccsc1C1=CCCCC1. The maximum atomic E-state index is 3.57. The Morgan fingerprint density at radius 1 is 1.33 bits per heavy atom. The van der Waals surface area contributed by atoms with E-state index in [0.717, 1.165) is 0 Å². The fourth-order valence-corrected chi connectivity index (χ4v) is 3.27. The first-order valence-corrected chi connectivity index (χ1v) is 5.97. The Kier molecular flexibility index (Phi) is 2.66. The summed E-state index contributed by atoms with van der Waals surface area (Å²) >= 11 is 5.41. The second-order valence-corrected chi connectivity index (χ2v) is 4.84. The molecule has 0 radical (unpaired) electrons. The molecule has 2 rings (SSSR count). The summed E-state index contributed by atoms with van der Waals surface area (Å²) < 4.78 is 1.26. The van der Waals surface area contributed by atoms with Crippen molar-refractivity contribution < 1.29 is 0 Å². The second-order valence-electron chi connectivity index (χ2n) is 3.07. The zero-order valence-corrected chi connectivity index (χ0v) is 9.25. The molecule has 0 atom stereocenters. The standard InChI is InChI=1S/C10H11BrS/c11-9-6-7-12-10(9)8-4-2-1-3-5-8/h4,6-7H,1-3,5H2. The predicted molar refractivity (Wildman–Crippen MR) is 58.5 cm³/mol. The van der Waals surface area contributed by atoms with Gasteiger partial charge in [-0.3, -0.25) is 0 Å². The number of hydrogen-bond donors (Lipinski definition) is 0. The molecule has 0 fully saturated rings. The van der Waals surface area contributed by atoms with Crippen LogP contribution in [-0.2, 0) is 0 Å². The summed E-state index contributed by atoms with van der Waals surface area (Å²) in [7, 11) is 0. The van der Waals surface area contributed by atoms with Gasteiger partial charge in [-0.1, -0.05) is 6.08 Å². The molecule has 0 N–H and O–H groups in total. The summed E-state index contributed by atoms with van der Waals surface area (Å²) in [4.78, 5) is 1.44. The van der Waals surface area contributed by atoms with Gasteiger partial charge in [-0.2, -0.15) is 0 Å². The summed E-state index contributed by atoms with van der Waals surface area (Å²) in [5.41, 5.74) is 1.54. The number of allylic oxidation sites excluding steroid dienone is 2. The molecular weight excluding hydrogens is 232 g/mol. The lowest BCUT2D eigenvalue weighted by molar-refractivity contribution is 0.743. The maximum absolute atomic E-state index is 3.57. The molecule has 1 aromatic heterocycles. The fraction of sp³-hybridized carbons (Fsp3) is 0.400. The highest BCUT2D eigenvalue weighted by Crippen LogP contribution is 2.35. The molecule has 1 aliphatic rings. The minimum atomic E-state index is 1.26. The average molecular weight is 243 g/mol. The molecule has 0 unspecified atom stereocenters. The minimum Gasteiger partial charge on any atom is -0.143 e. The predicted octanol–water partition coefficient (Wildman–Crippen LogP) is 4.47. The van der Waals surface area contributed by atoms with E-state index in [9.17, 15) is 0 Å². The van der Waals surface area contributed by atoms with Crippen molar-refractivity contribution >= 4 is 32.8 Å². The van der Waals surface area contributed by atoms with Gasteiger partial charge in [0, 0.05) is 9.35 Å². The Balaban J connectivity index is 2.29. The number of hydrogen-bond acceptors (Lipinski definition) is 1. The monoisotopic (exact) mass is 242 g/mol. The van der Waals surface area contributed by atoms with E-state index in [4.69, 9.17) is 0 Å². The van der Waals surface area contributed by atoms with Gasteiger partial charge in [0.25, 0.3) is 0 Å². The molecule has 0 spiro atoms. The molecular formula is C10H11BrS. The topological polar surface area (TPSA) is 0 Å². The molecule has 0 saturated carbocycles. The van der Waals surface area contributed by atoms with Gasteiger partial charge in [0.2, 0.25) is 0 Å². The van der Waals surface area contributed by atoms with Crippen molar-refractivity contribution in [1.29, 1.82) is 0 Å². The summed E-state index contributed by atoms with van der Waals surface area (Å²) in [6, 6.07) is 2.13. The van der Waals surface area contributed by atoms with Crippen LogP contribution in [0.4, 0.5) is 0 Å². The molecule has 0 aliphatic heterocycles. The number of thiophene rings is 1. The molecule has 0 saturated heterocycles. The van der Waals surface area contributed by atoms with E-state index in [1.54, 1.807) is 5.57 Å². The van der Waals surface area contributed by atoms with Crippen LogP contribution in [0.2, 0.25) is 0 Å². The van der Waals surface area contributed by atoms with Crippen LogP contribution in [0.1, 0.15) is 30.6 Å². The van der Waals surface area contributed by atoms with Gasteiger partial charge in [-0.05, 0) is 58.6 Å². The molecule has 1 aromatic rings. The highest BCUT2D eigenvalue weighted by atomic mass is 79.9. The third-order valence-corrected chi connectivity index (χ3v) is 4.11. The Morgan fingerprint density at radius 2 is 2.25 bits per heavy atom. The lowest BCUT2D eigenvalue weighted by atomic mass is 9.99. The molecule has 0 aromatic carbocycles. The van der Waals surface area contributed by atoms with Crippen molar-refractivity contribution in [3.05, 3.63) is 26.9 Å². The third-order valence-electron chi connectivity index (χ3n) is 2.20. The smallest absolute Gasteiger partial charge is 0.0441 e. The van der Waals surface area contributed by atoms with Crippen LogP contribution >= 0.6 is 27.3 Å². The Morgan fingerprint density at radius 3 is 2.83 bits per heavy atom. The zero-order valence-electron chi connectivity index (χ0n) is 6.85. The molecule has 0 nitrogen and oxygen atoms in total. The second kappa shape index (κ2) is 3.75. The van der Waals surface area contributed by atoms with E-state index < -0.39 is 0 Å². The minimum absolute atomic E-state index is 1.26. The van der Waals surface area contributed by atoms with Crippen molar-refractivity contribution in [2.45, 2.75) is 25.7 Å². The van der Waals surface area contributed by atoms with Crippen LogP contribution in [-0.4, -0.2) is 0 Å². The van der Waals surface area contributed by atoms with Crippen LogP contribution in [0.25, 0.3) is 5.57 Å². The van der Waals surface area contributed by atoms with E-state index >= 15 is 0 Å². The van der Waals surface area contributed by atoms with Crippen LogP contribution in [0.15, 0.2) is 22.0 Å². The largest absolute Gasteiger partial charge is 0.143 e. The van der Waals surface area contributed by atoms with Crippen molar-refractivity contribution in [3.8, 4) is 0 Å². The van der Waals surface area contributed by atoms with Gasteiger partial charge in [-0.15, -0.1) is 11.3 Å². The Bertz CT molecular complexity index is 299. The van der Waals surface area contributed by atoms with Crippen LogP contribution < -0.4 is 0 Å². The summed E-state index contributed by atoms with van der Waals surface area (Å²) in [5, 5.41) is 2.15. The summed E-state index contributed by atoms with van der Waals surface area (Å²) in [6.07, 6.45) is 7.64. The Labute approximate surface area is 85.4 Å². The normalized spacial score (nSPS) is 17.6. The highest BCUT2D eigenvalue weighted by molar-refractivity contribution is 9.10. The van der Waals surface area contributed by atoms with Crippen molar-refractivity contribution in [2.24, 2.45) is 0 Å². The highest BCUT2D eigenvalue weighted by Gasteiger charge is 2.09. The van der Waals surface area contributed by atoms with Gasteiger partial charge in [0.15, 0.2) is 0 Å². The van der Waals surface area contributed by atoms with E-state index in [0.29, 0.717) is 0 Å². The van der Waals surface area contributed by atoms with E-state index in [1.807, 2.05) is 11.3 Å². The van der Waals surface area contributed by atoms with Gasteiger partial charge >= 0.3 is 0 Å². The van der Waals surface area contributed by atoms with Crippen LogP contribution in [0.3, 0.4) is 0 Å². The molecule has 0 amide bonds. The van der Waals surface area contributed by atoms with Crippen LogP contribution in [0, 0.1) is 0 Å². The van der Waals surface area contributed by atoms with E-state index in [-0.39, 0.29) is 0 Å². The summed E-state index contributed by atoms with van der Waals surface area (Å²) in [5.74, 6) is 0. The molecule has 12 heavy (non-hydrogen) atoms. The first kappa shape index (κ1) is 8.52. The fourth-order valence-electron chi connectivity index (χ4n) is 1.57. The van der Waals surface area contributed by atoms with Gasteiger partial charge in [0.05, 0.1) is 0 Å². The Hall–Kier alpha value is -0.0800. The van der Waals surface area contributed by atoms with Crippen molar-refractivity contribution in [1.82, 2.24) is 0 Å². The quantitative estimate of drug-likeness (QED) is 0.682. The van der Waals surface area contributed by atoms with E-state index in [1.165, 1.54) is 35.0 Å². The number of rotatable bonds is 1. The first-order valence-electron chi connectivity index (χ1n) is 4.30. The molecule has 0 bridgehead atoms. The first-order chi connectivity index (χ1) is 5.88. The van der Waals surface area contributed by atoms with Gasteiger partial charge < -0.3 is 0 Å². The lowest BCUT2D eigenvalue weighted by Gasteiger charge is -2.11. The van der Waals surface area contributed by atoms with Crippen molar-refractivity contribution in [2.75, 3.05) is 0 Å². The lowest BCUT2D eigenvalue weighted by Crippen LogP contribution is -1.89. The number of halogens is 1. The maximum Gasteiger partial charge on any atom is 0.0441 e. The van der Waals surface area contributed by atoms with Gasteiger partial charge in [0.1, 0.15) is 0 Å². The van der Waals surface area contributed by atoms with E-state index in [2.05, 4.69) is 33.5 Å². The van der Waals surface area contributed by atoms with Crippen molar-refractivity contribution in [3.63, 3.8) is 0 Å². The molecule has 1 aliphatic carbocycles. The van der Waals surface area contributed by atoms with Crippen LogP contribution in [0.5, 0.6) is 0 Å². The van der Waals surface area contributed by atoms with Gasteiger partial charge in [-0.25, -0.2) is 0 Å². The third kappa shape index (κ3) is 1.64. The zero-order chi connectivity index (χ0) is 8.39.